The van der Waals surface area contributed by atoms with Crippen molar-refractivity contribution < 1.29 is 33.0 Å². The molecule has 1 aliphatic heterocycles. The molecule has 3 rings (SSSR count). The van der Waals surface area contributed by atoms with E-state index in [1.807, 2.05) is 0 Å². The molecule has 0 aliphatic carbocycles. The van der Waals surface area contributed by atoms with Gasteiger partial charge in [-0.15, -0.1) is 0 Å². The Bertz CT molecular complexity index is 945. The fourth-order valence-corrected chi connectivity index (χ4v) is 3.13. The van der Waals surface area contributed by atoms with E-state index in [0.29, 0.717) is 11.4 Å². The van der Waals surface area contributed by atoms with Gasteiger partial charge in [-0.3, -0.25) is 14.4 Å². The van der Waals surface area contributed by atoms with Crippen molar-refractivity contribution in [2.45, 2.75) is 6.42 Å². The van der Waals surface area contributed by atoms with E-state index in [9.17, 15) is 18.8 Å². The second-order valence-corrected chi connectivity index (χ2v) is 6.46. The molecule has 8 heteroatoms. The van der Waals surface area contributed by atoms with Crippen molar-refractivity contribution in [3.05, 3.63) is 53.8 Å². The van der Waals surface area contributed by atoms with E-state index >= 15 is 0 Å². The average Bonchev–Trinajstić information content (AvgIpc) is 3.13. The van der Waals surface area contributed by atoms with E-state index in [1.54, 1.807) is 24.3 Å². The van der Waals surface area contributed by atoms with Crippen molar-refractivity contribution in [1.82, 2.24) is 0 Å². The monoisotopic (exact) mass is 401 g/mol. The Labute approximate surface area is 167 Å². The number of para-hydroxylation sites is 2. The van der Waals surface area contributed by atoms with Crippen LogP contribution in [-0.4, -0.2) is 45.0 Å². The molecule has 1 fully saturated rings. The summed E-state index contributed by atoms with van der Waals surface area (Å²) in [5, 5.41) is 0. The number of carbonyl (C=O) groups is 3. The number of hydrogen-bond donors (Lipinski definition) is 0. The first-order chi connectivity index (χ1) is 13.9. The van der Waals surface area contributed by atoms with Gasteiger partial charge in [-0.05, 0) is 30.3 Å². The van der Waals surface area contributed by atoms with E-state index in [0.717, 1.165) is 6.07 Å². The first-order valence-corrected chi connectivity index (χ1v) is 8.91. The smallest absolute Gasteiger partial charge is 0.311 e. The molecule has 1 heterocycles. The average molecular weight is 401 g/mol. The summed E-state index contributed by atoms with van der Waals surface area (Å²) in [6, 6.07) is 10.7. The molecule has 0 spiro atoms. The van der Waals surface area contributed by atoms with Crippen molar-refractivity contribution in [3.63, 3.8) is 0 Å². The highest BCUT2D eigenvalue weighted by Gasteiger charge is 2.37. The van der Waals surface area contributed by atoms with Gasteiger partial charge in [0, 0.05) is 18.5 Å². The number of esters is 1. The molecule has 0 saturated carbocycles. The van der Waals surface area contributed by atoms with Crippen LogP contribution in [0.25, 0.3) is 0 Å². The summed E-state index contributed by atoms with van der Waals surface area (Å²) in [6.07, 6.45) is -0.0256. The van der Waals surface area contributed by atoms with E-state index in [-0.39, 0.29) is 30.2 Å². The molecule has 0 radical (unpaired) electrons. The summed E-state index contributed by atoms with van der Waals surface area (Å²) >= 11 is 0. The minimum atomic E-state index is -0.701. The molecule has 0 N–H and O–H groups in total. The summed E-state index contributed by atoms with van der Waals surface area (Å²) in [4.78, 5) is 38.3. The first kappa shape index (κ1) is 20.3. The fourth-order valence-electron chi connectivity index (χ4n) is 3.13. The van der Waals surface area contributed by atoms with E-state index in [4.69, 9.17) is 14.2 Å². The molecule has 152 valence electrons. The standard InChI is InChI=1S/C21H20FNO6/c1-27-18-8-7-13(9-15(18)22)17(24)12-29-21(26)14-10-20(25)23(11-14)16-5-3-4-6-19(16)28-2/h3-9,14H,10-12H2,1-2H3/t14-/m0/s1. The number of anilines is 1. The molecule has 1 aliphatic rings. The number of amides is 1. The van der Waals surface area contributed by atoms with Crippen LogP contribution in [0.2, 0.25) is 0 Å². The summed E-state index contributed by atoms with van der Waals surface area (Å²) in [5.74, 6) is -2.29. The van der Waals surface area contributed by atoms with E-state index in [2.05, 4.69) is 0 Å². The Balaban J connectivity index is 1.61. The maximum Gasteiger partial charge on any atom is 0.311 e. The topological polar surface area (TPSA) is 82.1 Å². The molecule has 29 heavy (non-hydrogen) atoms. The Morgan fingerprint density at radius 2 is 1.83 bits per heavy atom. The Kier molecular flexibility index (Phi) is 6.11. The van der Waals surface area contributed by atoms with Crippen LogP contribution in [0.15, 0.2) is 42.5 Å². The Morgan fingerprint density at radius 1 is 1.10 bits per heavy atom. The predicted octanol–water partition coefficient (Wildman–Crippen LogP) is 2.62. The highest BCUT2D eigenvalue weighted by molar-refractivity contribution is 6.01. The summed E-state index contributed by atoms with van der Waals surface area (Å²) in [7, 11) is 2.82. The van der Waals surface area contributed by atoms with Gasteiger partial charge in [-0.1, -0.05) is 12.1 Å². The lowest BCUT2D eigenvalue weighted by Crippen LogP contribution is -2.27. The van der Waals surface area contributed by atoms with Gasteiger partial charge in [-0.25, -0.2) is 4.39 Å². The maximum atomic E-state index is 13.7. The number of ether oxygens (including phenoxy) is 3. The van der Waals surface area contributed by atoms with Gasteiger partial charge in [0.2, 0.25) is 5.91 Å². The maximum absolute atomic E-state index is 13.7. The van der Waals surface area contributed by atoms with Crippen molar-refractivity contribution >= 4 is 23.3 Å². The summed E-state index contributed by atoms with van der Waals surface area (Å²) in [6.45, 7) is -0.409. The quantitative estimate of drug-likeness (QED) is 0.524. The highest BCUT2D eigenvalue weighted by atomic mass is 19.1. The molecule has 0 aromatic heterocycles. The molecular formula is C21H20FNO6. The summed E-state index contributed by atoms with van der Waals surface area (Å²) < 4.78 is 28.9. The van der Waals surface area contributed by atoms with Gasteiger partial charge in [-0.2, -0.15) is 0 Å². The SMILES string of the molecule is COc1ccc(C(=O)COC(=O)[C@H]2CC(=O)N(c3ccccc3OC)C2)cc1F. The normalized spacial score (nSPS) is 15.9. The minimum Gasteiger partial charge on any atom is -0.495 e. The van der Waals surface area contributed by atoms with Gasteiger partial charge < -0.3 is 19.1 Å². The van der Waals surface area contributed by atoms with Gasteiger partial charge in [0.05, 0.1) is 25.8 Å². The van der Waals surface area contributed by atoms with Crippen LogP contribution in [0.5, 0.6) is 11.5 Å². The largest absolute Gasteiger partial charge is 0.495 e. The predicted molar refractivity (Wildman–Crippen MR) is 102 cm³/mol. The van der Waals surface area contributed by atoms with Gasteiger partial charge >= 0.3 is 5.97 Å². The van der Waals surface area contributed by atoms with Crippen LogP contribution < -0.4 is 14.4 Å². The van der Waals surface area contributed by atoms with Crippen LogP contribution in [0.4, 0.5) is 10.1 Å². The van der Waals surface area contributed by atoms with Crippen LogP contribution in [0.1, 0.15) is 16.8 Å². The zero-order chi connectivity index (χ0) is 21.0. The first-order valence-electron chi connectivity index (χ1n) is 8.91. The lowest BCUT2D eigenvalue weighted by Gasteiger charge is -2.19. The van der Waals surface area contributed by atoms with Crippen LogP contribution >= 0.6 is 0 Å². The zero-order valence-electron chi connectivity index (χ0n) is 16.0. The third-order valence-electron chi connectivity index (χ3n) is 4.65. The van der Waals surface area contributed by atoms with Crippen molar-refractivity contribution in [3.8, 4) is 11.5 Å². The van der Waals surface area contributed by atoms with Crippen LogP contribution in [0, 0.1) is 11.7 Å². The molecule has 2 aromatic rings. The molecule has 7 nitrogen and oxygen atoms in total. The lowest BCUT2D eigenvalue weighted by molar-refractivity contribution is -0.147. The zero-order valence-corrected chi connectivity index (χ0v) is 16.0. The number of Topliss-reactive ketones (excluding diaryl/α,β-unsaturated/α-hetero) is 1. The van der Waals surface area contributed by atoms with Crippen LogP contribution in [-0.2, 0) is 14.3 Å². The number of hydrogen-bond acceptors (Lipinski definition) is 6. The van der Waals surface area contributed by atoms with E-state index < -0.39 is 30.1 Å². The molecule has 0 bridgehead atoms. The molecule has 1 saturated heterocycles. The van der Waals surface area contributed by atoms with Gasteiger partial charge in [0.1, 0.15) is 5.75 Å². The van der Waals surface area contributed by atoms with E-state index in [1.165, 1.54) is 31.3 Å². The van der Waals surface area contributed by atoms with Crippen molar-refractivity contribution in [1.29, 1.82) is 0 Å². The number of ketones is 1. The number of carbonyl (C=O) groups excluding carboxylic acids is 3. The molecule has 1 amide bonds. The molecule has 0 unspecified atom stereocenters. The fraction of sp³-hybridized carbons (Fsp3) is 0.286. The highest BCUT2D eigenvalue weighted by Crippen LogP contribution is 2.33. The molecule has 1 atom stereocenters. The Morgan fingerprint density at radius 3 is 2.52 bits per heavy atom. The van der Waals surface area contributed by atoms with Gasteiger partial charge in [0.25, 0.3) is 0 Å². The third-order valence-corrected chi connectivity index (χ3v) is 4.65. The number of benzene rings is 2. The second-order valence-electron chi connectivity index (χ2n) is 6.46. The lowest BCUT2D eigenvalue weighted by atomic mass is 10.1. The summed E-state index contributed by atoms with van der Waals surface area (Å²) in [5.41, 5.74) is 0.634. The number of methoxy groups -OCH3 is 2. The second kappa shape index (κ2) is 8.72. The molecule has 2 aromatic carbocycles. The number of halogens is 1. The van der Waals surface area contributed by atoms with Gasteiger partial charge in [0.15, 0.2) is 24.0 Å². The molecular weight excluding hydrogens is 381 g/mol. The van der Waals surface area contributed by atoms with Crippen LogP contribution in [0.3, 0.4) is 0 Å². The Hall–Kier alpha value is -3.42. The number of rotatable bonds is 7. The van der Waals surface area contributed by atoms with Crippen molar-refractivity contribution in [2.75, 3.05) is 32.3 Å². The van der Waals surface area contributed by atoms with Crippen molar-refractivity contribution in [2.24, 2.45) is 5.92 Å². The minimum absolute atomic E-state index is 0.0134. The number of nitrogens with zero attached hydrogens (tertiary/aromatic N) is 1. The third kappa shape index (κ3) is 4.37.